The number of methoxy groups -OCH3 is 1. The van der Waals surface area contributed by atoms with Crippen molar-refractivity contribution in [2.24, 2.45) is 5.92 Å². The van der Waals surface area contributed by atoms with Crippen LogP contribution in [0.4, 0.5) is 16.0 Å². The summed E-state index contributed by atoms with van der Waals surface area (Å²) in [4.78, 5) is 29.8. The van der Waals surface area contributed by atoms with Gasteiger partial charge >= 0.3 is 5.97 Å². The average Bonchev–Trinajstić information content (AvgIpc) is 2.97. The Labute approximate surface area is 245 Å². The van der Waals surface area contributed by atoms with Gasteiger partial charge in [-0.3, -0.25) is 19.4 Å². The number of rotatable bonds is 10. The molecule has 0 atom stereocenters. The monoisotopic (exact) mass is 600 g/mol. The van der Waals surface area contributed by atoms with E-state index < -0.39 is 15.8 Å². The standard InChI is InChI=1S/C29H37FN6O5S/c1-40-26(37)5-3-4-20-6-8-35(9-7-20)19-22-14-23(30)16-25-27(21-15-24(18-31-17-21)34-42(2,38)39)32-29(33-28(22)25)36-10-12-41-13-11-36/h14-18,20,34H,3-13,19H2,1-2H3. The molecule has 2 saturated heterocycles. The Morgan fingerprint density at radius 3 is 2.60 bits per heavy atom. The van der Waals surface area contributed by atoms with E-state index in [1.165, 1.54) is 19.4 Å². The zero-order valence-corrected chi connectivity index (χ0v) is 24.8. The number of piperidine rings is 1. The van der Waals surface area contributed by atoms with Gasteiger partial charge < -0.3 is 14.4 Å². The van der Waals surface area contributed by atoms with E-state index in [1.807, 2.05) is 4.90 Å². The molecule has 1 aromatic carbocycles. The van der Waals surface area contributed by atoms with Crippen LogP contribution in [-0.4, -0.2) is 87.0 Å². The fourth-order valence-corrected chi connectivity index (χ4v) is 6.19. The minimum atomic E-state index is -3.52. The molecule has 2 aliphatic heterocycles. The maximum atomic E-state index is 15.2. The molecule has 2 aliphatic rings. The van der Waals surface area contributed by atoms with E-state index in [2.05, 4.69) is 14.6 Å². The second-order valence-corrected chi connectivity index (χ2v) is 12.7. The highest BCUT2D eigenvalue weighted by atomic mass is 32.2. The molecule has 42 heavy (non-hydrogen) atoms. The normalized spacial score (nSPS) is 17.0. The van der Waals surface area contributed by atoms with Crippen molar-refractivity contribution in [2.75, 3.05) is 62.4 Å². The number of hydrogen-bond acceptors (Lipinski definition) is 10. The highest BCUT2D eigenvalue weighted by molar-refractivity contribution is 7.92. The van der Waals surface area contributed by atoms with E-state index in [1.54, 1.807) is 18.3 Å². The number of fused-ring (bicyclic) bond motifs is 1. The fraction of sp³-hybridized carbons (Fsp3) is 0.517. The lowest BCUT2D eigenvalue weighted by molar-refractivity contribution is -0.140. The lowest BCUT2D eigenvalue weighted by Crippen LogP contribution is -2.37. The highest BCUT2D eigenvalue weighted by Crippen LogP contribution is 2.33. The molecule has 0 unspecified atom stereocenters. The summed E-state index contributed by atoms with van der Waals surface area (Å²) in [6, 6.07) is 4.63. The maximum absolute atomic E-state index is 15.2. The molecule has 13 heteroatoms. The summed E-state index contributed by atoms with van der Waals surface area (Å²) in [6.07, 6.45) is 8.37. The number of nitrogens with one attached hydrogen (secondary N) is 1. The summed E-state index contributed by atoms with van der Waals surface area (Å²) < 4.78 is 51.6. The van der Waals surface area contributed by atoms with Crippen LogP contribution in [0, 0.1) is 11.7 Å². The number of anilines is 2. The summed E-state index contributed by atoms with van der Waals surface area (Å²) in [5, 5.41) is 0.540. The predicted octanol–water partition coefficient (Wildman–Crippen LogP) is 3.59. The quantitative estimate of drug-likeness (QED) is 0.345. The van der Waals surface area contributed by atoms with Crippen LogP contribution in [0.25, 0.3) is 22.2 Å². The third-order valence-corrected chi connectivity index (χ3v) is 8.37. The average molecular weight is 601 g/mol. The molecular weight excluding hydrogens is 563 g/mol. The number of halogens is 1. The molecule has 0 saturated carbocycles. The first-order valence-corrected chi connectivity index (χ1v) is 16.1. The number of benzene rings is 1. The van der Waals surface area contributed by atoms with Crippen molar-refractivity contribution in [3.8, 4) is 11.3 Å². The SMILES string of the molecule is COC(=O)CCCC1CCN(Cc2cc(F)cc3c(-c4cncc(NS(C)(=O)=O)c4)nc(N4CCOCC4)nc23)CC1. The lowest BCUT2D eigenvalue weighted by Gasteiger charge is -2.32. The largest absolute Gasteiger partial charge is 0.469 e. The van der Waals surface area contributed by atoms with Crippen LogP contribution < -0.4 is 9.62 Å². The minimum Gasteiger partial charge on any atom is -0.469 e. The van der Waals surface area contributed by atoms with Crippen LogP contribution in [-0.2, 0) is 30.8 Å². The molecule has 0 radical (unpaired) electrons. The van der Waals surface area contributed by atoms with Gasteiger partial charge in [0, 0.05) is 43.2 Å². The Bertz CT molecular complexity index is 1520. The molecule has 0 aliphatic carbocycles. The Hall–Kier alpha value is -3.42. The summed E-state index contributed by atoms with van der Waals surface area (Å²) in [6.45, 7) is 4.64. The molecule has 0 amide bonds. The van der Waals surface area contributed by atoms with Gasteiger partial charge in [-0.15, -0.1) is 0 Å². The molecule has 5 rings (SSSR count). The first-order chi connectivity index (χ1) is 20.2. The molecule has 1 N–H and O–H groups in total. The number of carbonyl (C=O) groups is 1. The topological polar surface area (TPSA) is 127 Å². The fourth-order valence-electron chi connectivity index (χ4n) is 5.65. The number of ether oxygens (including phenoxy) is 2. The van der Waals surface area contributed by atoms with Gasteiger partial charge in [0.2, 0.25) is 16.0 Å². The zero-order valence-electron chi connectivity index (χ0n) is 24.0. The van der Waals surface area contributed by atoms with Crippen LogP contribution in [0.5, 0.6) is 0 Å². The predicted molar refractivity (Wildman–Crippen MR) is 158 cm³/mol. The van der Waals surface area contributed by atoms with Gasteiger partial charge in [0.15, 0.2) is 0 Å². The van der Waals surface area contributed by atoms with Gasteiger partial charge in [-0.25, -0.2) is 22.8 Å². The van der Waals surface area contributed by atoms with Gasteiger partial charge in [-0.2, -0.15) is 0 Å². The summed E-state index contributed by atoms with van der Waals surface area (Å²) >= 11 is 0. The van der Waals surface area contributed by atoms with Crippen LogP contribution in [0.2, 0.25) is 0 Å². The molecule has 3 aromatic rings. The number of pyridine rings is 1. The number of nitrogens with zero attached hydrogens (tertiary/aromatic N) is 5. The third-order valence-electron chi connectivity index (χ3n) is 7.76. The van der Waals surface area contributed by atoms with Crippen molar-refractivity contribution in [3.05, 3.63) is 42.0 Å². The number of esters is 1. The van der Waals surface area contributed by atoms with E-state index in [9.17, 15) is 13.2 Å². The van der Waals surface area contributed by atoms with Gasteiger partial charge in [-0.1, -0.05) is 0 Å². The number of morpholine rings is 1. The smallest absolute Gasteiger partial charge is 0.305 e. The number of aromatic nitrogens is 3. The van der Waals surface area contributed by atoms with Gasteiger partial charge in [-0.05, 0) is 68.5 Å². The zero-order chi connectivity index (χ0) is 29.7. The van der Waals surface area contributed by atoms with E-state index in [-0.39, 0.29) is 5.97 Å². The van der Waals surface area contributed by atoms with Crippen LogP contribution in [0.15, 0.2) is 30.6 Å². The third kappa shape index (κ3) is 7.69. The summed E-state index contributed by atoms with van der Waals surface area (Å²) in [5.41, 5.74) is 2.75. The van der Waals surface area contributed by atoms with Crippen molar-refractivity contribution in [1.82, 2.24) is 19.9 Å². The van der Waals surface area contributed by atoms with Crippen molar-refractivity contribution in [1.29, 1.82) is 0 Å². The van der Waals surface area contributed by atoms with Gasteiger partial charge in [0.25, 0.3) is 0 Å². The molecule has 0 bridgehead atoms. The van der Waals surface area contributed by atoms with Gasteiger partial charge in [0.05, 0.1) is 49.7 Å². The molecule has 226 valence electrons. The Balaban J connectivity index is 1.45. The Morgan fingerprint density at radius 1 is 1.12 bits per heavy atom. The van der Waals surface area contributed by atoms with Crippen LogP contribution >= 0.6 is 0 Å². The van der Waals surface area contributed by atoms with Crippen LogP contribution in [0.3, 0.4) is 0 Å². The highest BCUT2D eigenvalue weighted by Gasteiger charge is 2.23. The number of likely N-dealkylation sites (tertiary alicyclic amines) is 1. The van der Waals surface area contributed by atoms with Crippen molar-refractivity contribution in [3.63, 3.8) is 0 Å². The lowest BCUT2D eigenvalue weighted by atomic mass is 9.91. The molecule has 11 nitrogen and oxygen atoms in total. The van der Waals surface area contributed by atoms with Crippen molar-refractivity contribution in [2.45, 2.75) is 38.6 Å². The van der Waals surface area contributed by atoms with Crippen molar-refractivity contribution >= 4 is 38.5 Å². The second kappa shape index (κ2) is 13.3. The number of sulfonamides is 1. The Morgan fingerprint density at radius 2 is 1.88 bits per heavy atom. The van der Waals surface area contributed by atoms with Gasteiger partial charge in [0.1, 0.15) is 5.82 Å². The van der Waals surface area contributed by atoms with E-state index in [4.69, 9.17) is 19.4 Å². The number of hydrogen-bond donors (Lipinski definition) is 1. The minimum absolute atomic E-state index is 0.169. The van der Waals surface area contributed by atoms with E-state index in [0.717, 1.165) is 50.6 Å². The maximum Gasteiger partial charge on any atom is 0.305 e. The molecule has 2 fully saturated rings. The van der Waals surface area contributed by atoms with Crippen molar-refractivity contribution < 1.29 is 27.1 Å². The summed E-state index contributed by atoms with van der Waals surface area (Å²) in [5.74, 6) is 0.506. The molecule has 2 aromatic heterocycles. The van der Waals surface area contributed by atoms with Crippen LogP contribution in [0.1, 0.15) is 37.7 Å². The molecular formula is C29H37FN6O5S. The number of carbonyl (C=O) groups excluding carboxylic acids is 1. The first-order valence-electron chi connectivity index (χ1n) is 14.2. The Kier molecular flexibility index (Phi) is 9.49. The first kappa shape index (κ1) is 30.1. The summed E-state index contributed by atoms with van der Waals surface area (Å²) in [7, 11) is -2.10. The molecule has 0 spiro atoms. The molecule has 4 heterocycles. The van der Waals surface area contributed by atoms with E-state index >= 15 is 4.39 Å². The second-order valence-electron chi connectivity index (χ2n) is 11.0. The van der Waals surface area contributed by atoms with E-state index in [0.29, 0.717) is 79.0 Å².